The van der Waals surface area contributed by atoms with E-state index in [9.17, 15) is 0 Å². The second-order valence-corrected chi connectivity index (χ2v) is 5.40. The summed E-state index contributed by atoms with van der Waals surface area (Å²) in [6, 6.07) is 0. The molecule has 0 radical (unpaired) electrons. The zero-order valence-electron chi connectivity index (χ0n) is 13.0. The van der Waals surface area contributed by atoms with Gasteiger partial charge in [0.15, 0.2) is 0 Å². The molecule has 116 valence electrons. The Hall–Kier alpha value is -0.120. The van der Waals surface area contributed by atoms with E-state index in [1.165, 1.54) is 44.9 Å². The van der Waals surface area contributed by atoms with Crippen molar-refractivity contribution in [2.24, 2.45) is 5.92 Å². The van der Waals surface area contributed by atoms with Gasteiger partial charge in [-0.2, -0.15) is 0 Å². The summed E-state index contributed by atoms with van der Waals surface area (Å²) >= 11 is 0. The SMILES string of the molecule is CCCCCCCC(C)CCCOCCOCCO. The van der Waals surface area contributed by atoms with Gasteiger partial charge in [-0.15, -0.1) is 0 Å². The van der Waals surface area contributed by atoms with Crippen molar-refractivity contribution in [2.75, 3.05) is 33.0 Å². The topological polar surface area (TPSA) is 38.7 Å². The van der Waals surface area contributed by atoms with Gasteiger partial charge in [0, 0.05) is 6.61 Å². The number of ether oxygens (including phenoxy) is 2. The van der Waals surface area contributed by atoms with Crippen LogP contribution in [0.3, 0.4) is 0 Å². The molecule has 0 amide bonds. The molecule has 0 bridgehead atoms. The largest absolute Gasteiger partial charge is 0.394 e. The molecule has 0 heterocycles. The van der Waals surface area contributed by atoms with Crippen LogP contribution >= 0.6 is 0 Å². The summed E-state index contributed by atoms with van der Waals surface area (Å²) in [6.07, 6.45) is 10.7. The van der Waals surface area contributed by atoms with E-state index >= 15 is 0 Å². The first-order valence-electron chi connectivity index (χ1n) is 8.07. The van der Waals surface area contributed by atoms with Gasteiger partial charge in [-0.05, 0) is 18.8 Å². The number of rotatable bonds is 15. The molecule has 19 heavy (non-hydrogen) atoms. The fourth-order valence-electron chi connectivity index (χ4n) is 2.16. The summed E-state index contributed by atoms with van der Waals surface area (Å²) < 4.78 is 10.6. The molecule has 0 aromatic heterocycles. The Morgan fingerprint density at radius 2 is 1.42 bits per heavy atom. The second-order valence-electron chi connectivity index (χ2n) is 5.40. The standard InChI is InChI=1S/C16H34O3/c1-3-4-5-6-7-9-16(2)10-8-12-18-14-15-19-13-11-17/h16-17H,3-15H2,1-2H3. The van der Waals surface area contributed by atoms with Crippen molar-refractivity contribution in [1.29, 1.82) is 0 Å². The Morgan fingerprint density at radius 3 is 2.11 bits per heavy atom. The molecule has 1 N–H and O–H groups in total. The van der Waals surface area contributed by atoms with Gasteiger partial charge in [0.2, 0.25) is 0 Å². The molecular weight excluding hydrogens is 240 g/mol. The fourth-order valence-corrected chi connectivity index (χ4v) is 2.16. The van der Waals surface area contributed by atoms with Crippen LogP contribution in [0.1, 0.15) is 65.2 Å². The lowest BCUT2D eigenvalue weighted by Crippen LogP contribution is -2.08. The minimum absolute atomic E-state index is 0.0930. The van der Waals surface area contributed by atoms with E-state index < -0.39 is 0 Å². The summed E-state index contributed by atoms with van der Waals surface area (Å²) in [4.78, 5) is 0. The Labute approximate surface area is 119 Å². The van der Waals surface area contributed by atoms with Crippen molar-refractivity contribution < 1.29 is 14.6 Å². The molecule has 0 saturated heterocycles. The van der Waals surface area contributed by atoms with Crippen molar-refractivity contribution >= 4 is 0 Å². The van der Waals surface area contributed by atoms with Crippen molar-refractivity contribution in [3.63, 3.8) is 0 Å². The molecule has 3 heteroatoms. The van der Waals surface area contributed by atoms with E-state index in [0.29, 0.717) is 19.8 Å². The van der Waals surface area contributed by atoms with Crippen LogP contribution in [0.25, 0.3) is 0 Å². The fraction of sp³-hybridized carbons (Fsp3) is 1.00. The summed E-state index contributed by atoms with van der Waals surface area (Å²) in [5, 5.41) is 8.52. The third kappa shape index (κ3) is 15.8. The van der Waals surface area contributed by atoms with E-state index in [2.05, 4.69) is 13.8 Å². The van der Waals surface area contributed by atoms with Crippen LogP contribution in [0.4, 0.5) is 0 Å². The van der Waals surface area contributed by atoms with Crippen LogP contribution in [0.2, 0.25) is 0 Å². The van der Waals surface area contributed by atoms with Crippen LogP contribution in [0.5, 0.6) is 0 Å². The maximum absolute atomic E-state index is 8.52. The molecule has 0 aliphatic rings. The Bertz CT molecular complexity index is 162. The average Bonchev–Trinajstić information content (AvgIpc) is 2.41. The zero-order chi connectivity index (χ0) is 14.2. The third-order valence-corrected chi connectivity index (χ3v) is 3.39. The molecule has 0 saturated carbocycles. The Morgan fingerprint density at radius 1 is 0.789 bits per heavy atom. The highest BCUT2D eigenvalue weighted by molar-refractivity contribution is 4.54. The van der Waals surface area contributed by atoms with Gasteiger partial charge < -0.3 is 14.6 Å². The maximum atomic E-state index is 8.52. The third-order valence-electron chi connectivity index (χ3n) is 3.39. The molecule has 0 fully saturated rings. The van der Waals surface area contributed by atoms with E-state index in [1.807, 2.05) is 0 Å². The van der Waals surface area contributed by atoms with Crippen LogP contribution in [-0.2, 0) is 9.47 Å². The summed E-state index contributed by atoms with van der Waals surface area (Å²) in [7, 11) is 0. The number of aliphatic hydroxyl groups excluding tert-OH is 1. The monoisotopic (exact) mass is 274 g/mol. The molecule has 3 nitrogen and oxygen atoms in total. The summed E-state index contributed by atoms with van der Waals surface area (Å²) in [5.74, 6) is 0.830. The van der Waals surface area contributed by atoms with E-state index in [0.717, 1.165) is 18.9 Å². The number of hydrogen-bond donors (Lipinski definition) is 1. The molecule has 1 unspecified atom stereocenters. The summed E-state index contributed by atoms with van der Waals surface area (Å²) in [5.41, 5.74) is 0. The van der Waals surface area contributed by atoms with Crippen LogP contribution in [0, 0.1) is 5.92 Å². The molecular formula is C16H34O3. The molecule has 0 spiro atoms. The molecule has 1 atom stereocenters. The number of hydrogen-bond acceptors (Lipinski definition) is 3. The predicted octanol–water partition coefficient (Wildman–Crippen LogP) is 3.79. The maximum Gasteiger partial charge on any atom is 0.0701 e. The summed E-state index contributed by atoms with van der Waals surface area (Å²) in [6.45, 7) is 7.19. The lowest BCUT2D eigenvalue weighted by Gasteiger charge is -2.11. The van der Waals surface area contributed by atoms with Crippen molar-refractivity contribution in [3.05, 3.63) is 0 Å². The minimum Gasteiger partial charge on any atom is -0.394 e. The lowest BCUT2D eigenvalue weighted by molar-refractivity contribution is 0.0314. The van der Waals surface area contributed by atoms with Crippen LogP contribution in [0.15, 0.2) is 0 Å². The first-order valence-corrected chi connectivity index (χ1v) is 8.07. The first kappa shape index (κ1) is 18.9. The average molecular weight is 274 g/mol. The minimum atomic E-state index is 0.0930. The van der Waals surface area contributed by atoms with Crippen LogP contribution < -0.4 is 0 Å². The molecule has 0 aromatic carbocycles. The van der Waals surface area contributed by atoms with E-state index in [4.69, 9.17) is 14.6 Å². The predicted molar refractivity (Wildman–Crippen MR) is 80.5 cm³/mol. The van der Waals surface area contributed by atoms with E-state index in [-0.39, 0.29) is 6.61 Å². The first-order chi connectivity index (χ1) is 9.31. The number of aliphatic hydroxyl groups is 1. The molecule has 0 aliphatic carbocycles. The Balaban J connectivity index is 3.09. The highest BCUT2D eigenvalue weighted by atomic mass is 16.5. The van der Waals surface area contributed by atoms with Gasteiger partial charge in [-0.25, -0.2) is 0 Å². The van der Waals surface area contributed by atoms with Gasteiger partial charge in [0.1, 0.15) is 0 Å². The van der Waals surface area contributed by atoms with Crippen molar-refractivity contribution in [3.8, 4) is 0 Å². The second kappa shape index (κ2) is 15.9. The highest BCUT2D eigenvalue weighted by Crippen LogP contribution is 2.15. The molecule has 0 aliphatic heterocycles. The van der Waals surface area contributed by atoms with Crippen molar-refractivity contribution in [2.45, 2.75) is 65.2 Å². The van der Waals surface area contributed by atoms with Gasteiger partial charge in [-0.3, -0.25) is 0 Å². The Kier molecular flexibility index (Phi) is 15.8. The zero-order valence-corrected chi connectivity index (χ0v) is 13.0. The smallest absolute Gasteiger partial charge is 0.0701 e. The molecule has 0 aromatic rings. The van der Waals surface area contributed by atoms with Gasteiger partial charge >= 0.3 is 0 Å². The van der Waals surface area contributed by atoms with Gasteiger partial charge in [0.05, 0.1) is 26.4 Å². The highest BCUT2D eigenvalue weighted by Gasteiger charge is 2.02. The molecule has 0 rings (SSSR count). The van der Waals surface area contributed by atoms with Gasteiger partial charge in [0.25, 0.3) is 0 Å². The number of unbranched alkanes of at least 4 members (excludes halogenated alkanes) is 4. The van der Waals surface area contributed by atoms with Crippen molar-refractivity contribution in [1.82, 2.24) is 0 Å². The quantitative estimate of drug-likeness (QED) is 0.462. The van der Waals surface area contributed by atoms with E-state index in [1.54, 1.807) is 0 Å². The lowest BCUT2D eigenvalue weighted by atomic mass is 9.98. The van der Waals surface area contributed by atoms with Gasteiger partial charge in [-0.1, -0.05) is 52.4 Å². The normalized spacial score (nSPS) is 12.8. The van der Waals surface area contributed by atoms with Crippen LogP contribution in [-0.4, -0.2) is 38.1 Å².